The van der Waals surface area contributed by atoms with E-state index in [2.05, 4.69) is 0 Å². The number of aliphatic hydroxyl groups is 1. The average molecular weight is 454 g/mol. The first-order valence-electron chi connectivity index (χ1n) is 11.2. The van der Waals surface area contributed by atoms with Gasteiger partial charge in [0.15, 0.2) is 0 Å². The van der Waals surface area contributed by atoms with Crippen LogP contribution in [0.15, 0.2) is 54.1 Å². The summed E-state index contributed by atoms with van der Waals surface area (Å²) >= 11 is 0. The molecule has 0 spiro atoms. The molecule has 0 bridgehead atoms. The van der Waals surface area contributed by atoms with Crippen LogP contribution >= 0.6 is 0 Å². The summed E-state index contributed by atoms with van der Waals surface area (Å²) in [6.45, 7) is 5.68. The molecule has 1 amide bonds. The zero-order valence-electron chi connectivity index (χ0n) is 19.4. The monoisotopic (exact) mass is 453 g/mol. The fourth-order valence-corrected chi connectivity index (χ4v) is 3.89. The van der Waals surface area contributed by atoms with Crippen molar-refractivity contribution in [2.45, 2.75) is 32.7 Å². The maximum Gasteiger partial charge on any atom is 0.295 e. The van der Waals surface area contributed by atoms with Gasteiger partial charge < -0.3 is 24.2 Å². The van der Waals surface area contributed by atoms with Gasteiger partial charge in [0.25, 0.3) is 11.7 Å². The van der Waals surface area contributed by atoms with Gasteiger partial charge in [0, 0.05) is 25.8 Å². The molecule has 1 aliphatic rings. The second-order valence-corrected chi connectivity index (χ2v) is 7.72. The number of hydrogen-bond acceptors (Lipinski definition) is 6. The predicted octanol–water partition coefficient (Wildman–Crippen LogP) is 4.33. The Morgan fingerprint density at radius 3 is 2.42 bits per heavy atom. The molecule has 33 heavy (non-hydrogen) atoms. The van der Waals surface area contributed by atoms with Gasteiger partial charge in [-0.15, -0.1) is 0 Å². The third-order valence-corrected chi connectivity index (χ3v) is 5.35. The highest BCUT2D eigenvalue weighted by molar-refractivity contribution is 6.46. The minimum Gasteiger partial charge on any atom is -0.507 e. The normalized spacial score (nSPS) is 17.4. The Bertz CT molecular complexity index is 1020. The Balaban J connectivity index is 2.10. The van der Waals surface area contributed by atoms with E-state index in [9.17, 15) is 14.7 Å². The van der Waals surface area contributed by atoms with Crippen LogP contribution in [0.3, 0.4) is 0 Å². The van der Waals surface area contributed by atoms with Gasteiger partial charge in [-0.2, -0.15) is 0 Å². The van der Waals surface area contributed by atoms with Crippen molar-refractivity contribution in [3.8, 4) is 11.5 Å². The minimum absolute atomic E-state index is 0.0544. The molecule has 3 rings (SSSR count). The van der Waals surface area contributed by atoms with E-state index in [1.165, 1.54) is 4.90 Å². The summed E-state index contributed by atoms with van der Waals surface area (Å²) in [4.78, 5) is 27.6. The van der Waals surface area contributed by atoms with Crippen molar-refractivity contribution in [2.75, 3.05) is 33.5 Å². The fourth-order valence-electron chi connectivity index (χ4n) is 3.89. The van der Waals surface area contributed by atoms with Crippen molar-refractivity contribution in [1.29, 1.82) is 0 Å². The molecule has 1 aliphatic heterocycles. The van der Waals surface area contributed by atoms with Crippen LogP contribution in [0.25, 0.3) is 5.76 Å². The molecule has 1 atom stereocenters. The van der Waals surface area contributed by atoms with Gasteiger partial charge in [-0.3, -0.25) is 9.59 Å². The van der Waals surface area contributed by atoms with Gasteiger partial charge in [0.2, 0.25) is 0 Å². The maximum absolute atomic E-state index is 13.1. The molecule has 176 valence electrons. The lowest BCUT2D eigenvalue weighted by atomic mass is 9.95. The molecule has 7 nitrogen and oxygen atoms in total. The van der Waals surface area contributed by atoms with E-state index in [4.69, 9.17) is 14.2 Å². The number of benzene rings is 2. The first-order chi connectivity index (χ1) is 16.0. The first kappa shape index (κ1) is 24.3. The summed E-state index contributed by atoms with van der Waals surface area (Å²) in [7, 11) is 1.59. The molecule has 0 aliphatic carbocycles. The zero-order chi connectivity index (χ0) is 23.8. The number of likely N-dealkylation sites (tertiary alicyclic amines) is 1. The maximum atomic E-state index is 13.1. The number of ether oxygens (including phenoxy) is 3. The number of carbonyl (C=O) groups is 2. The van der Waals surface area contributed by atoms with E-state index in [1.807, 2.05) is 38.1 Å². The number of rotatable bonds is 11. The second kappa shape index (κ2) is 11.5. The highest BCUT2D eigenvalue weighted by atomic mass is 16.5. The van der Waals surface area contributed by atoms with Gasteiger partial charge in [-0.1, -0.05) is 31.2 Å². The van der Waals surface area contributed by atoms with E-state index >= 15 is 0 Å². The Labute approximate surface area is 194 Å². The smallest absolute Gasteiger partial charge is 0.295 e. The molecule has 0 saturated carbocycles. The van der Waals surface area contributed by atoms with Crippen molar-refractivity contribution in [1.82, 2.24) is 4.90 Å². The molecule has 1 fully saturated rings. The van der Waals surface area contributed by atoms with E-state index < -0.39 is 17.7 Å². The lowest BCUT2D eigenvalue weighted by molar-refractivity contribution is -0.140. The molecular formula is C26H31NO6. The van der Waals surface area contributed by atoms with Crippen molar-refractivity contribution in [3.05, 3.63) is 65.2 Å². The van der Waals surface area contributed by atoms with E-state index in [0.29, 0.717) is 55.4 Å². The molecule has 7 heteroatoms. The summed E-state index contributed by atoms with van der Waals surface area (Å²) in [6, 6.07) is 13.4. The molecule has 2 aromatic rings. The van der Waals surface area contributed by atoms with Crippen molar-refractivity contribution < 1.29 is 28.9 Å². The van der Waals surface area contributed by atoms with Gasteiger partial charge in [-0.05, 0) is 49.6 Å². The number of nitrogens with zero attached hydrogens (tertiary/aromatic N) is 1. The standard InChI is InChI=1S/C26H31NO6/c1-4-14-33-21-12-6-9-18(16-21)23-22(25(29)26(30)27(23)13-8-15-31-3)24(28)19-10-7-11-20(17-19)32-5-2/h6-7,9-12,16-17,23,28H,4-5,8,13-15H2,1-3H3/b24-22-. The van der Waals surface area contributed by atoms with Gasteiger partial charge >= 0.3 is 0 Å². The van der Waals surface area contributed by atoms with Crippen LogP contribution in [0.2, 0.25) is 0 Å². The number of Topliss-reactive ketones (excluding diaryl/α,β-unsaturated/α-hetero) is 1. The van der Waals surface area contributed by atoms with E-state index in [-0.39, 0.29) is 11.3 Å². The van der Waals surface area contributed by atoms with Gasteiger partial charge in [0.05, 0.1) is 24.8 Å². The topological polar surface area (TPSA) is 85.3 Å². The quantitative estimate of drug-likeness (QED) is 0.236. The van der Waals surface area contributed by atoms with E-state index in [1.54, 1.807) is 31.4 Å². The number of amides is 1. The Hall–Kier alpha value is -3.32. The van der Waals surface area contributed by atoms with Crippen LogP contribution in [0.4, 0.5) is 0 Å². The molecule has 1 saturated heterocycles. The highest BCUT2D eigenvalue weighted by Gasteiger charge is 2.45. The third-order valence-electron chi connectivity index (χ3n) is 5.35. The molecule has 1 unspecified atom stereocenters. The summed E-state index contributed by atoms with van der Waals surface area (Å²) in [6.07, 6.45) is 1.42. The van der Waals surface area contributed by atoms with Crippen molar-refractivity contribution in [3.63, 3.8) is 0 Å². The number of hydrogen-bond donors (Lipinski definition) is 1. The molecule has 1 heterocycles. The van der Waals surface area contributed by atoms with Gasteiger partial charge in [0.1, 0.15) is 17.3 Å². The fraction of sp³-hybridized carbons (Fsp3) is 0.385. The lowest BCUT2D eigenvalue weighted by Gasteiger charge is -2.25. The van der Waals surface area contributed by atoms with Crippen LogP contribution in [-0.2, 0) is 14.3 Å². The average Bonchev–Trinajstić information content (AvgIpc) is 3.08. The van der Waals surface area contributed by atoms with Crippen molar-refractivity contribution >= 4 is 17.4 Å². The predicted molar refractivity (Wildman–Crippen MR) is 125 cm³/mol. The van der Waals surface area contributed by atoms with Crippen LogP contribution in [0.5, 0.6) is 11.5 Å². The molecular weight excluding hydrogens is 422 g/mol. The SMILES string of the molecule is CCCOc1cccc(C2/C(=C(/O)c3cccc(OCC)c3)C(=O)C(=O)N2CCCOC)c1. The lowest BCUT2D eigenvalue weighted by Crippen LogP contribution is -2.31. The number of methoxy groups -OCH3 is 1. The molecule has 1 N–H and O–H groups in total. The summed E-state index contributed by atoms with van der Waals surface area (Å²) in [5, 5.41) is 11.2. The van der Waals surface area contributed by atoms with E-state index in [0.717, 1.165) is 6.42 Å². The third kappa shape index (κ3) is 5.54. The summed E-state index contributed by atoms with van der Waals surface area (Å²) < 4.78 is 16.4. The Morgan fingerprint density at radius 2 is 1.73 bits per heavy atom. The second-order valence-electron chi connectivity index (χ2n) is 7.72. The Morgan fingerprint density at radius 1 is 1.00 bits per heavy atom. The molecule has 2 aromatic carbocycles. The van der Waals surface area contributed by atoms with Crippen LogP contribution in [-0.4, -0.2) is 55.2 Å². The first-order valence-corrected chi connectivity index (χ1v) is 11.2. The Kier molecular flexibility index (Phi) is 8.49. The number of ketones is 1. The molecule has 0 aromatic heterocycles. The summed E-state index contributed by atoms with van der Waals surface area (Å²) in [5.41, 5.74) is 1.17. The zero-order valence-corrected chi connectivity index (χ0v) is 19.4. The summed E-state index contributed by atoms with van der Waals surface area (Å²) in [5.74, 6) is -0.360. The van der Waals surface area contributed by atoms with Crippen molar-refractivity contribution in [2.24, 2.45) is 0 Å². The molecule has 0 radical (unpaired) electrons. The number of carbonyl (C=O) groups excluding carboxylic acids is 2. The van der Waals surface area contributed by atoms with Crippen LogP contribution in [0.1, 0.15) is 43.9 Å². The van der Waals surface area contributed by atoms with Crippen LogP contribution < -0.4 is 9.47 Å². The van der Waals surface area contributed by atoms with Gasteiger partial charge in [-0.25, -0.2) is 0 Å². The number of aliphatic hydroxyl groups excluding tert-OH is 1. The minimum atomic E-state index is -0.734. The highest BCUT2D eigenvalue weighted by Crippen LogP contribution is 2.40. The largest absolute Gasteiger partial charge is 0.507 e. The van der Waals surface area contributed by atoms with Crippen LogP contribution in [0, 0.1) is 0 Å².